The van der Waals surface area contributed by atoms with E-state index in [1.165, 1.54) is 13.0 Å². The zero-order valence-corrected chi connectivity index (χ0v) is 10.6. The van der Waals surface area contributed by atoms with E-state index in [1.807, 2.05) is 0 Å². The first-order valence-corrected chi connectivity index (χ1v) is 6.35. The highest BCUT2D eigenvalue weighted by molar-refractivity contribution is 5.77. The predicted octanol–water partition coefficient (Wildman–Crippen LogP) is 2.01. The van der Waals surface area contributed by atoms with Crippen LogP contribution in [0.15, 0.2) is 10.7 Å². The van der Waals surface area contributed by atoms with Crippen molar-refractivity contribution in [1.82, 2.24) is 9.88 Å². The van der Waals surface area contributed by atoms with Gasteiger partial charge in [0.2, 0.25) is 0 Å². The largest absolute Gasteiger partial charge is 0.448 e. The van der Waals surface area contributed by atoms with Crippen molar-refractivity contribution in [3.05, 3.63) is 17.8 Å². The summed E-state index contributed by atoms with van der Waals surface area (Å²) < 4.78 is 5.51. The number of carbonyl (C=O) groups is 1. The van der Waals surface area contributed by atoms with E-state index in [4.69, 9.17) is 4.42 Å². The number of rotatable bonds is 4. The van der Waals surface area contributed by atoms with Gasteiger partial charge in [0.25, 0.3) is 0 Å². The Morgan fingerprint density at radius 3 is 3.18 bits per heavy atom. The molecule has 0 amide bonds. The minimum atomic E-state index is 0.128. The third kappa shape index (κ3) is 3.16. The summed E-state index contributed by atoms with van der Waals surface area (Å²) in [6, 6.07) is 0. The van der Waals surface area contributed by atoms with E-state index in [-0.39, 0.29) is 5.78 Å². The lowest BCUT2D eigenvalue weighted by atomic mass is 9.98. The van der Waals surface area contributed by atoms with Gasteiger partial charge in [-0.05, 0) is 32.9 Å². The number of carbonyl (C=O) groups excluding carboxylic acids is 1. The molecule has 4 nitrogen and oxygen atoms in total. The molecule has 0 spiro atoms. The maximum absolute atomic E-state index is 11.0. The zero-order valence-electron chi connectivity index (χ0n) is 10.6. The molecule has 1 atom stereocenters. The van der Waals surface area contributed by atoms with Crippen LogP contribution in [0.25, 0.3) is 0 Å². The molecule has 0 radical (unpaired) electrons. The van der Waals surface area contributed by atoms with Crippen LogP contribution >= 0.6 is 0 Å². The van der Waals surface area contributed by atoms with E-state index in [2.05, 4.69) is 16.8 Å². The minimum Gasteiger partial charge on any atom is -0.448 e. The van der Waals surface area contributed by atoms with Crippen molar-refractivity contribution in [3.8, 4) is 0 Å². The van der Waals surface area contributed by atoms with Gasteiger partial charge < -0.3 is 9.32 Å². The number of oxazole rings is 1. The van der Waals surface area contributed by atoms with E-state index in [0.29, 0.717) is 12.3 Å². The second kappa shape index (κ2) is 5.45. The summed E-state index contributed by atoms with van der Waals surface area (Å²) in [5, 5.41) is 0. The van der Waals surface area contributed by atoms with E-state index in [0.717, 1.165) is 31.1 Å². The Hall–Kier alpha value is -1.16. The van der Waals surface area contributed by atoms with Gasteiger partial charge in [-0.2, -0.15) is 0 Å². The van der Waals surface area contributed by atoms with Gasteiger partial charge in [0.15, 0.2) is 5.89 Å². The van der Waals surface area contributed by atoms with E-state index < -0.39 is 0 Å². The molecule has 1 aliphatic heterocycles. The number of nitrogens with zero attached hydrogens (tertiary/aromatic N) is 2. The van der Waals surface area contributed by atoms with Crippen molar-refractivity contribution < 1.29 is 9.21 Å². The van der Waals surface area contributed by atoms with Gasteiger partial charge in [0, 0.05) is 12.5 Å². The molecule has 0 aliphatic carbocycles. The van der Waals surface area contributed by atoms with Gasteiger partial charge in [-0.25, -0.2) is 4.98 Å². The molecule has 1 fully saturated rings. The quantitative estimate of drug-likeness (QED) is 0.802. The number of aromatic nitrogens is 1. The number of piperidine rings is 1. The molecule has 94 valence electrons. The van der Waals surface area contributed by atoms with Gasteiger partial charge in [0.05, 0.1) is 12.1 Å². The number of hydrogen-bond acceptors (Lipinski definition) is 4. The molecule has 4 heteroatoms. The molecule has 2 rings (SSSR count). The number of likely N-dealkylation sites (N-methyl/N-ethyl adjacent to an activating group) is 1. The standard InChI is InChI=1S/C13H20N2O2/c1-3-15-6-4-5-11(8-15)13-14-12(9-17-13)7-10(2)16/h9,11H,3-8H2,1-2H3. The van der Waals surface area contributed by atoms with Crippen molar-refractivity contribution in [1.29, 1.82) is 0 Å². The lowest BCUT2D eigenvalue weighted by Gasteiger charge is -2.29. The molecule has 1 saturated heterocycles. The van der Waals surface area contributed by atoms with Gasteiger partial charge >= 0.3 is 0 Å². The van der Waals surface area contributed by atoms with Crippen LogP contribution in [0, 0.1) is 0 Å². The smallest absolute Gasteiger partial charge is 0.198 e. The molecule has 2 heterocycles. The molecule has 1 unspecified atom stereocenters. The van der Waals surface area contributed by atoms with Gasteiger partial charge in [-0.1, -0.05) is 6.92 Å². The Morgan fingerprint density at radius 1 is 1.65 bits per heavy atom. The summed E-state index contributed by atoms with van der Waals surface area (Å²) in [5.41, 5.74) is 0.765. The summed E-state index contributed by atoms with van der Waals surface area (Å²) in [5.74, 6) is 1.33. The molecular weight excluding hydrogens is 216 g/mol. The number of likely N-dealkylation sites (tertiary alicyclic amines) is 1. The average molecular weight is 236 g/mol. The number of Topliss-reactive ketones (excluding diaryl/α,β-unsaturated/α-hetero) is 1. The van der Waals surface area contributed by atoms with E-state index in [9.17, 15) is 4.79 Å². The highest BCUT2D eigenvalue weighted by Gasteiger charge is 2.24. The van der Waals surface area contributed by atoms with Crippen LogP contribution in [0.3, 0.4) is 0 Å². The van der Waals surface area contributed by atoms with E-state index >= 15 is 0 Å². The fourth-order valence-electron chi connectivity index (χ4n) is 2.39. The molecule has 0 bridgehead atoms. The Balaban J connectivity index is 2.01. The van der Waals surface area contributed by atoms with Crippen molar-refractivity contribution in [3.63, 3.8) is 0 Å². The van der Waals surface area contributed by atoms with Crippen LogP contribution in [0.4, 0.5) is 0 Å². The van der Waals surface area contributed by atoms with Crippen LogP contribution < -0.4 is 0 Å². The molecule has 0 aromatic carbocycles. The van der Waals surface area contributed by atoms with Crippen LogP contribution in [0.2, 0.25) is 0 Å². The monoisotopic (exact) mass is 236 g/mol. The van der Waals surface area contributed by atoms with Crippen molar-refractivity contribution in [2.24, 2.45) is 0 Å². The maximum Gasteiger partial charge on any atom is 0.198 e. The van der Waals surface area contributed by atoms with E-state index in [1.54, 1.807) is 13.2 Å². The summed E-state index contributed by atoms with van der Waals surface area (Å²) in [6.45, 7) is 7.04. The molecule has 0 saturated carbocycles. The van der Waals surface area contributed by atoms with Crippen molar-refractivity contribution in [2.45, 2.75) is 39.0 Å². The third-order valence-electron chi connectivity index (χ3n) is 3.30. The van der Waals surface area contributed by atoms with Crippen LogP contribution in [0.5, 0.6) is 0 Å². The normalized spacial score (nSPS) is 21.6. The molecule has 1 aromatic rings. The van der Waals surface area contributed by atoms with Crippen molar-refractivity contribution >= 4 is 5.78 Å². The predicted molar refractivity (Wildman–Crippen MR) is 65.0 cm³/mol. The summed E-state index contributed by atoms with van der Waals surface area (Å²) >= 11 is 0. The van der Waals surface area contributed by atoms with Gasteiger partial charge in [-0.15, -0.1) is 0 Å². The van der Waals surface area contributed by atoms with Crippen molar-refractivity contribution in [2.75, 3.05) is 19.6 Å². The average Bonchev–Trinajstić information content (AvgIpc) is 2.77. The third-order valence-corrected chi connectivity index (χ3v) is 3.30. The topological polar surface area (TPSA) is 46.3 Å². The molecular formula is C13H20N2O2. The molecule has 17 heavy (non-hydrogen) atoms. The highest BCUT2D eigenvalue weighted by Crippen LogP contribution is 2.26. The fraction of sp³-hybridized carbons (Fsp3) is 0.692. The zero-order chi connectivity index (χ0) is 12.3. The highest BCUT2D eigenvalue weighted by atomic mass is 16.3. The summed E-state index contributed by atoms with van der Waals surface area (Å²) in [6.07, 6.45) is 4.34. The van der Waals surface area contributed by atoms with Crippen LogP contribution in [-0.4, -0.2) is 35.3 Å². The minimum absolute atomic E-state index is 0.128. The number of ketones is 1. The fourth-order valence-corrected chi connectivity index (χ4v) is 2.39. The Morgan fingerprint density at radius 2 is 2.47 bits per heavy atom. The first kappa shape index (κ1) is 12.3. The van der Waals surface area contributed by atoms with Gasteiger partial charge in [0.1, 0.15) is 12.0 Å². The lowest BCUT2D eigenvalue weighted by molar-refractivity contribution is -0.116. The molecule has 0 N–H and O–H groups in total. The Kier molecular flexibility index (Phi) is 3.94. The Labute approximate surface area is 102 Å². The van der Waals surface area contributed by atoms with Crippen LogP contribution in [0.1, 0.15) is 44.2 Å². The Bertz CT molecular complexity index is 387. The number of hydrogen-bond donors (Lipinski definition) is 0. The SMILES string of the molecule is CCN1CCCC(c2nc(CC(C)=O)co2)C1. The lowest BCUT2D eigenvalue weighted by Crippen LogP contribution is -2.34. The molecule has 1 aliphatic rings. The maximum atomic E-state index is 11.0. The second-order valence-corrected chi connectivity index (χ2v) is 4.79. The second-order valence-electron chi connectivity index (χ2n) is 4.79. The molecule has 1 aromatic heterocycles. The van der Waals surface area contributed by atoms with Crippen LogP contribution in [-0.2, 0) is 11.2 Å². The first-order chi connectivity index (χ1) is 8.19. The summed E-state index contributed by atoms with van der Waals surface area (Å²) in [7, 11) is 0. The first-order valence-electron chi connectivity index (χ1n) is 6.35. The summed E-state index contributed by atoms with van der Waals surface area (Å²) in [4.78, 5) is 17.9. The van der Waals surface area contributed by atoms with Gasteiger partial charge in [-0.3, -0.25) is 4.79 Å².